The van der Waals surface area contributed by atoms with Gasteiger partial charge in [-0.05, 0) is 31.4 Å². The molecule has 0 spiro atoms. The highest BCUT2D eigenvalue weighted by Crippen LogP contribution is 2.23. The third-order valence-electron chi connectivity index (χ3n) is 4.11. The maximum absolute atomic E-state index is 12.0. The van der Waals surface area contributed by atoms with Gasteiger partial charge in [0.25, 0.3) is 5.56 Å². The number of fused-ring (bicyclic) bond motifs is 1. The van der Waals surface area contributed by atoms with Gasteiger partial charge in [-0.15, -0.1) is 0 Å². The van der Waals surface area contributed by atoms with E-state index in [1.807, 2.05) is 0 Å². The number of carbonyl (C=O) groups is 1. The number of aromatic amines is 1. The van der Waals surface area contributed by atoms with Crippen molar-refractivity contribution in [1.82, 2.24) is 9.97 Å². The smallest absolute Gasteiger partial charge is 0.306 e. The second kappa shape index (κ2) is 6.35. The Morgan fingerprint density at radius 1 is 1.42 bits per heavy atom. The van der Waals surface area contributed by atoms with Crippen molar-refractivity contribution in [2.75, 3.05) is 11.5 Å². The quantitative estimate of drug-likeness (QED) is 0.834. The van der Waals surface area contributed by atoms with Gasteiger partial charge in [-0.1, -0.05) is 12.1 Å². The van der Waals surface area contributed by atoms with E-state index in [4.69, 9.17) is 4.74 Å². The van der Waals surface area contributed by atoms with Crippen LogP contribution in [0.4, 0.5) is 0 Å². The largest absolute Gasteiger partial charge is 0.454 e. The molecule has 1 aromatic heterocycles. The lowest BCUT2D eigenvalue weighted by Gasteiger charge is -2.14. The fourth-order valence-corrected chi connectivity index (χ4v) is 4.73. The fraction of sp³-hybridized carbons (Fsp3) is 0.438. The average molecular weight is 350 g/mol. The van der Waals surface area contributed by atoms with Crippen molar-refractivity contribution >= 4 is 26.7 Å². The maximum Gasteiger partial charge on any atom is 0.306 e. The Labute approximate surface area is 139 Å². The monoisotopic (exact) mass is 350 g/mol. The molecule has 0 aliphatic carbocycles. The van der Waals surface area contributed by atoms with Gasteiger partial charge in [-0.2, -0.15) is 0 Å². The molecule has 0 unspecified atom stereocenters. The van der Waals surface area contributed by atoms with Crippen molar-refractivity contribution in [3.05, 3.63) is 40.4 Å². The lowest BCUT2D eigenvalue weighted by Crippen LogP contribution is -2.19. The van der Waals surface area contributed by atoms with E-state index in [0.29, 0.717) is 17.3 Å². The number of nitrogens with one attached hydrogen (secondary N) is 1. The topological polar surface area (TPSA) is 106 Å². The molecule has 1 saturated heterocycles. The van der Waals surface area contributed by atoms with Gasteiger partial charge in [-0.3, -0.25) is 9.59 Å². The maximum atomic E-state index is 12.0. The number of hydrogen-bond donors (Lipinski definition) is 1. The van der Waals surface area contributed by atoms with Crippen molar-refractivity contribution in [3.8, 4) is 0 Å². The van der Waals surface area contributed by atoms with Gasteiger partial charge in [0.15, 0.2) is 21.8 Å². The highest BCUT2D eigenvalue weighted by molar-refractivity contribution is 7.91. The normalized spacial score (nSPS) is 20.8. The van der Waals surface area contributed by atoms with Crippen LogP contribution in [0.25, 0.3) is 10.9 Å². The second-order valence-electron chi connectivity index (χ2n) is 6.07. The molecule has 2 heterocycles. The van der Waals surface area contributed by atoms with Crippen LogP contribution >= 0.6 is 0 Å². The molecule has 3 rings (SSSR count). The van der Waals surface area contributed by atoms with Gasteiger partial charge in [0.2, 0.25) is 0 Å². The number of esters is 1. The van der Waals surface area contributed by atoms with Gasteiger partial charge in [0.1, 0.15) is 0 Å². The van der Waals surface area contributed by atoms with Gasteiger partial charge >= 0.3 is 5.97 Å². The Morgan fingerprint density at radius 3 is 2.88 bits per heavy atom. The van der Waals surface area contributed by atoms with Gasteiger partial charge in [0, 0.05) is 6.42 Å². The number of para-hydroxylation sites is 1. The minimum absolute atomic E-state index is 0.0293. The molecule has 8 heteroatoms. The molecule has 0 amide bonds. The summed E-state index contributed by atoms with van der Waals surface area (Å²) in [5.41, 5.74) is 0.237. The van der Waals surface area contributed by atoms with Crippen LogP contribution in [0.3, 0.4) is 0 Å². The number of rotatable bonds is 4. The molecule has 0 bridgehead atoms. The van der Waals surface area contributed by atoms with Crippen LogP contribution in [-0.4, -0.2) is 35.9 Å². The molecule has 2 aromatic rings. The molecule has 0 saturated carbocycles. The Balaban J connectivity index is 1.69. The van der Waals surface area contributed by atoms with Crippen LogP contribution in [0.15, 0.2) is 29.1 Å². The standard InChI is InChI=1S/C16H18N2O5S/c1-10(23-14(19)8-11-6-7-24(21,22)9-11)15-17-13-5-3-2-4-12(13)16(20)18-15/h2-5,10-11H,6-9H2,1H3,(H,17,18,20)/t10-,11+/m0/s1. The summed E-state index contributed by atoms with van der Waals surface area (Å²) in [7, 11) is -3.02. The molecule has 1 fully saturated rings. The first-order valence-electron chi connectivity index (χ1n) is 7.73. The molecule has 128 valence electrons. The number of sulfone groups is 1. The zero-order chi connectivity index (χ0) is 17.3. The van der Waals surface area contributed by atoms with E-state index in [1.165, 1.54) is 0 Å². The first kappa shape index (κ1) is 16.6. The average Bonchev–Trinajstić information content (AvgIpc) is 2.85. The van der Waals surface area contributed by atoms with Crippen LogP contribution in [-0.2, 0) is 19.4 Å². The zero-order valence-corrected chi connectivity index (χ0v) is 14.0. The number of carbonyl (C=O) groups excluding carboxylic acids is 1. The molecule has 7 nitrogen and oxygen atoms in total. The van der Waals surface area contributed by atoms with E-state index in [1.54, 1.807) is 31.2 Å². The number of ether oxygens (including phenoxy) is 1. The summed E-state index contributed by atoms with van der Waals surface area (Å²) in [5, 5.41) is 0.468. The van der Waals surface area contributed by atoms with Gasteiger partial charge < -0.3 is 9.72 Å². The Morgan fingerprint density at radius 2 is 2.17 bits per heavy atom. The molecule has 1 aliphatic rings. The van der Waals surface area contributed by atoms with Gasteiger partial charge in [-0.25, -0.2) is 13.4 Å². The first-order valence-corrected chi connectivity index (χ1v) is 9.55. The number of benzene rings is 1. The highest BCUT2D eigenvalue weighted by atomic mass is 32.2. The molecule has 2 atom stereocenters. The summed E-state index contributed by atoms with van der Waals surface area (Å²) in [6, 6.07) is 6.90. The zero-order valence-electron chi connectivity index (χ0n) is 13.2. The summed E-state index contributed by atoms with van der Waals surface area (Å²) in [4.78, 5) is 31.0. The predicted octanol–water partition coefficient (Wildman–Crippen LogP) is 1.35. The van der Waals surface area contributed by atoms with E-state index in [2.05, 4.69) is 9.97 Å². The summed E-state index contributed by atoms with van der Waals surface area (Å²) < 4.78 is 28.2. The van der Waals surface area contributed by atoms with Crippen molar-refractivity contribution in [2.45, 2.75) is 25.9 Å². The van der Waals surface area contributed by atoms with Crippen molar-refractivity contribution in [1.29, 1.82) is 0 Å². The van der Waals surface area contributed by atoms with Crippen molar-refractivity contribution in [3.63, 3.8) is 0 Å². The molecular formula is C16H18N2O5S. The van der Waals surface area contributed by atoms with Crippen LogP contribution < -0.4 is 5.56 Å². The molecule has 24 heavy (non-hydrogen) atoms. The lowest BCUT2D eigenvalue weighted by molar-refractivity contribution is -0.149. The van der Waals surface area contributed by atoms with E-state index < -0.39 is 21.9 Å². The molecule has 0 radical (unpaired) electrons. The Hall–Kier alpha value is -2.22. The van der Waals surface area contributed by atoms with Crippen LogP contribution in [0.2, 0.25) is 0 Å². The van der Waals surface area contributed by atoms with E-state index >= 15 is 0 Å². The minimum atomic E-state index is -3.02. The van der Waals surface area contributed by atoms with E-state index in [-0.39, 0.29) is 35.2 Å². The lowest BCUT2D eigenvalue weighted by atomic mass is 10.1. The molecular weight excluding hydrogens is 332 g/mol. The summed E-state index contributed by atoms with van der Waals surface area (Å²) in [6.45, 7) is 1.62. The highest BCUT2D eigenvalue weighted by Gasteiger charge is 2.30. The number of aromatic nitrogens is 2. The number of hydrogen-bond acceptors (Lipinski definition) is 6. The third-order valence-corrected chi connectivity index (χ3v) is 5.94. The molecule has 1 N–H and O–H groups in total. The third kappa shape index (κ3) is 3.64. The predicted molar refractivity (Wildman–Crippen MR) is 88.2 cm³/mol. The Kier molecular flexibility index (Phi) is 4.40. The van der Waals surface area contributed by atoms with Crippen molar-refractivity contribution in [2.24, 2.45) is 5.92 Å². The summed E-state index contributed by atoms with van der Waals surface area (Å²) in [6.07, 6.45) is -0.175. The first-order chi connectivity index (χ1) is 11.3. The summed E-state index contributed by atoms with van der Waals surface area (Å²) in [5.74, 6) is -0.258. The minimum Gasteiger partial charge on any atom is -0.454 e. The summed E-state index contributed by atoms with van der Waals surface area (Å²) >= 11 is 0. The van der Waals surface area contributed by atoms with Gasteiger partial charge in [0.05, 0.1) is 22.4 Å². The molecule has 1 aromatic carbocycles. The van der Waals surface area contributed by atoms with Crippen LogP contribution in [0.5, 0.6) is 0 Å². The number of H-pyrrole nitrogens is 1. The fourth-order valence-electron chi connectivity index (χ4n) is 2.87. The van der Waals surface area contributed by atoms with E-state index in [9.17, 15) is 18.0 Å². The van der Waals surface area contributed by atoms with Crippen LogP contribution in [0, 0.1) is 5.92 Å². The van der Waals surface area contributed by atoms with E-state index in [0.717, 1.165) is 0 Å². The van der Waals surface area contributed by atoms with Crippen molar-refractivity contribution < 1.29 is 17.9 Å². The molecule has 1 aliphatic heterocycles. The van der Waals surface area contributed by atoms with Crippen LogP contribution in [0.1, 0.15) is 31.7 Å². The number of nitrogens with zero attached hydrogens (tertiary/aromatic N) is 1. The second-order valence-corrected chi connectivity index (χ2v) is 8.30. The Bertz CT molecular complexity index is 935. The SMILES string of the molecule is C[C@H](OC(=O)C[C@H]1CCS(=O)(=O)C1)c1nc2ccccc2c(=O)[nH]1.